The van der Waals surface area contributed by atoms with E-state index < -0.39 is 20.5 Å². The van der Waals surface area contributed by atoms with Gasteiger partial charge in [0.05, 0.1) is 4.90 Å². The highest BCUT2D eigenvalue weighted by molar-refractivity contribution is 7.93. The zero-order valence-corrected chi connectivity index (χ0v) is 15.3. The average Bonchev–Trinajstić information content (AvgIpc) is 3.08. The number of anilines is 1. The minimum Gasteiger partial charge on any atom is -0.359 e. The highest BCUT2D eigenvalue weighted by Crippen LogP contribution is 2.29. The molecule has 0 bridgehead atoms. The van der Waals surface area contributed by atoms with Crippen LogP contribution in [0.1, 0.15) is 40.4 Å². The third-order valence-corrected chi connectivity index (χ3v) is 6.75. The second kappa shape index (κ2) is 5.76. The maximum absolute atomic E-state index is 12.6. The van der Waals surface area contributed by atoms with Crippen molar-refractivity contribution in [3.8, 4) is 0 Å². The molecular weight excluding hydrogens is 336 g/mol. The first-order valence-electron chi connectivity index (χ1n) is 7.02. The molecule has 2 aromatic heterocycles. The zero-order chi connectivity index (χ0) is 17.5. The lowest BCUT2D eigenvalue weighted by Crippen LogP contribution is -2.44. The van der Waals surface area contributed by atoms with Crippen LogP contribution in [-0.4, -0.2) is 24.2 Å². The zero-order valence-electron chi connectivity index (χ0n) is 13.7. The Balaban J connectivity index is 2.24. The fourth-order valence-corrected chi connectivity index (χ4v) is 4.18. The molecule has 2 heterocycles. The fraction of sp³-hybridized carbons (Fsp3) is 0.467. The van der Waals surface area contributed by atoms with Crippen LogP contribution in [0.4, 0.5) is 5.82 Å². The summed E-state index contributed by atoms with van der Waals surface area (Å²) in [4.78, 5) is 12.6. The van der Waals surface area contributed by atoms with Crippen LogP contribution in [0.3, 0.4) is 0 Å². The van der Waals surface area contributed by atoms with Gasteiger partial charge in [0.2, 0.25) is 5.91 Å². The minimum absolute atomic E-state index is 0.137. The van der Waals surface area contributed by atoms with E-state index in [9.17, 15) is 13.2 Å². The van der Waals surface area contributed by atoms with Crippen molar-refractivity contribution in [2.75, 3.05) is 5.32 Å². The quantitative estimate of drug-likeness (QED) is 0.908. The summed E-state index contributed by atoms with van der Waals surface area (Å²) in [5.74, 6) is 0.150. The third kappa shape index (κ3) is 3.32. The number of carbonyl (C=O) groups excluding carboxylic acids is 1. The molecule has 0 aliphatic carbocycles. The van der Waals surface area contributed by atoms with Crippen LogP contribution in [0.25, 0.3) is 0 Å². The van der Waals surface area contributed by atoms with Crippen LogP contribution in [-0.2, 0) is 20.0 Å². The summed E-state index contributed by atoms with van der Waals surface area (Å²) in [6.07, 6.45) is 0. The molecule has 8 heteroatoms. The van der Waals surface area contributed by atoms with Crippen molar-refractivity contribution in [2.24, 2.45) is 0 Å². The van der Waals surface area contributed by atoms with E-state index in [1.54, 1.807) is 11.4 Å². The molecule has 0 radical (unpaired) electrons. The van der Waals surface area contributed by atoms with Crippen molar-refractivity contribution in [2.45, 2.75) is 49.7 Å². The van der Waals surface area contributed by atoms with Crippen molar-refractivity contribution in [3.63, 3.8) is 0 Å². The maximum Gasteiger partial charge on any atom is 0.246 e. The van der Waals surface area contributed by atoms with Gasteiger partial charge in [0.1, 0.15) is 10.5 Å². The van der Waals surface area contributed by atoms with Crippen LogP contribution in [0.15, 0.2) is 32.3 Å². The molecule has 2 rings (SSSR count). The van der Waals surface area contributed by atoms with E-state index in [2.05, 4.69) is 10.5 Å². The Kier molecular flexibility index (Phi) is 4.42. The van der Waals surface area contributed by atoms with E-state index in [4.69, 9.17) is 4.52 Å². The lowest BCUT2D eigenvalue weighted by Gasteiger charge is -2.22. The average molecular weight is 356 g/mol. The summed E-state index contributed by atoms with van der Waals surface area (Å²) in [5.41, 5.74) is -0.256. The van der Waals surface area contributed by atoms with Crippen molar-refractivity contribution in [1.29, 1.82) is 0 Å². The molecule has 126 valence electrons. The van der Waals surface area contributed by atoms with Gasteiger partial charge in [0.15, 0.2) is 15.7 Å². The van der Waals surface area contributed by atoms with Gasteiger partial charge in [0, 0.05) is 16.9 Å². The molecule has 0 spiro atoms. The number of carbonyl (C=O) groups is 1. The Morgan fingerprint density at radius 3 is 2.39 bits per heavy atom. The highest BCUT2D eigenvalue weighted by atomic mass is 32.2. The molecule has 0 aliphatic heterocycles. The molecular formula is C15H20N2O4S2. The van der Waals surface area contributed by atoms with Gasteiger partial charge in [-0.3, -0.25) is 4.79 Å². The molecule has 23 heavy (non-hydrogen) atoms. The fourth-order valence-electron chi connectivity index (χ4n) is 1.78. The van der Waals surface area contributed by atoms with Gasteiger partial charge in [-0.1, -0.05) is 25.9 Å². The van der Waals surface area contributed by atoms with Crippen LogP contribution in [0, 0.1) is 0 Å². The number of amides is 1. The van der Waals surface area contributed by atoms with Gasteiger partial charge in [-0.15, -0.1) is 0 Å². The molecule has 2 aromatic rings. The monoisotopic (exact) mass is 356 g/mol. The van der Waals surface area contributed by atoms with Gasteiger partial charge in [-0.05, 0) is 25.3 Å². The number of hydrogen-bond donors (Lipinski definition) is 1. The number of nitrogens with one attached hydrogen (secondary N) is 1. The lowest BCUT2D eigenvalue weighted by molar-refractivity contribution is -0.117. The van der Waals surface area contributed by atoms with Crippen LogP contribution < -0.4 is 5.32 Å². The molecule has 0 saturated heterocycles. The van der Waals surface area contributed by atoms with Crippen molar-refractivity contribution in [3.05, 3.63) is 28.7 Å². The van der Waals surface area contributed by atoms with Crippen LogP contribution >= 0.6 is 11.3 Å². The lowest BCUT2D eigenvalue weighted by atomic mass is 9.93. The van der Waals surface area contributed by atoms with E-state index in [0.29, 0.717) is 5.76 Å². The van der Waals surface area contributed by atoms with E-state index >= 15 is 0 Å². The second-order valence-corrected chi connectivity index (χ2v) is 10.0. The summed E-state index contributed by atoms with van der Waals surface area (Å²) in [7, 11) is -3.80. The Labute approximate surface area is 139 Å². The molecule has 1 amide bonds. The summed E-state index contributed by atoms with van der Waals surface area (Å²) < 4.78 is 28.8. The van der Waals surface area contributed by atoms with Crippen LogP contribution in [0.2, 0.25) is 0 Å². The van der Waals surface area contributed by atoms with Crippen molar-refractivity contribution >= 4 is 32.9 Å². The Hall–Kier alpha value is -1.67. The third-order valence-electron chi connectivity index (χ3n) is 3.51. The first-order chi connectivity index (χ1) is 10.5. The predicted octanol–water partition coefficient (Wildman–Crippen LogP) is 3.22. The first kappa shape index (κ1) is 17.7. The number of hydrogen-bond acceptors (Lipinski definition) is 6. The summed E-state index contributed by atoms with van der Waals surface area (Å²) in [5, 5.41) is 9.48. The summed E-state index contributed by atoms with van der Waals surface area (Å²) >= 11 is 1.27. The molecule has 0 fully saturated rings. The molecule has 0 unspecified atom stereocenters. The minimum atomic E-state index is -3.80. The smallest absolute Gasteiger partial charge is 0.246 e. The number of thiophene rings is 1. The predicted molar refractivity (Wildman–Crippen MR) is 89.4 cm³/mol. The van der Waals surface area contributed by atoms with Gasteiger partial charge < -0.3 is 9.84 Å². The van der Waals surface area contributed by atoms with Gasteiger partial charge in [-0.2, -0.15) is 11.3 Å². The largest absolute Gasteiger partial charge is 0.359 e. The Morgan fingerprint density at radius 1 is 1.26 bits per heavy atom. The van der Waals surface area contributed by atoms with Gasteiger partial charge in [-0.25, -0.2) is 8.42 Å². The van der Waals surface area contributed by atoms with Gasteiger partial charge >= 0.3 is 0 Å². The number of aromatic nitrogens is 1. The molecule has 0 aromatic carbocycles. The standard InChI is InChI=1S/C15H20N2O4S2/c1-14(2,3)11-8-12(17-21-11)16-13(18)15(4,5)23(19,20)10-6-7-22-9-10/h6-9H,1-5H3,(H,16,17,18). The van der Waals surface area contributed by atoms with E-state index in [-0.39, 0.29) is 16.1 Å². The number of rotatable bonds is 4. The normalized spacial score (nSPS) is 13.1. The highest BCUT2D eigenvalue weighted by Gasteiger charge is 2.43. The molecule has 0 atom stereocenters. The summed E-state index contributed by atoms with van der Waals surface area (Å²) in [6, 6.07) is 3.09. The maximum atomic E-state index is 12.6. The first-order valence-corrected chi connectivity index (χ1v) is 9.44. The second-order valence-electron chi connectivity index (χ2n) is 6.75. The van der Waals surface area contributed by atoms with Gasteiger partial charge in [0.25, 0.3) is 0 Å². The van der Waals surface area contributed by atoms with Crippen molar-refractivity contribution < 1.29 is 17.7 Å². The van der Waals surface area contributed by atoms with Crippen LogP contribution in [0.5, 0.6) is 0 Å². The molecule has 1 N–H and O–H groups in total. The topological polar surface area (TPSA) is 89.3 Å². The number of nitrogens with zero attached hydrogens (tertiary/aromatic N) is 1. The van der Waals surface area contributed by atoms with E-state index in [0.717, 1.165) is 0 Å². The SMILES string of the molecule is CC(C)(C)c1cc(NC(=O)C(C)(C)S(=O)(=O)c2ccsc2)no1. The van der Waals surface area contributed by atoms with E-state index in [1.807, 2.05) is 20.8 Å². The molecule has 0 saturated carbocycles. The van der Waals surface area contributed by atoms with E-state index in [1.165, 1.54) is 36.6 Å². The Morgan fingerprint density at radius 2 is 1.91 bits per heavy atom. The Bertz CT molecular complexity index is 797. The number of sulfone groups is 1. The summed E-state index contributed by atoms with van der Waals surface area (Å²) in [6.45, 7) is 8.60. The molecule has 6 nitrogen and oxygen atoms in total. The van der Waals surface area contributed by atoms with Crippen molar-refractivity contribution in [1.82, 2.24) is 5.16 Å². The molecule has 0 aliphatic rings.